The van der Waals surface area contributed by atoms with Gasteiger partial charge in [0.2, 0.25) is 0 Å². The van der Waals surface area contributed by atoms with Crippen molar-refractivity contribution < 1.29 is 9.18 Å². The van der Waals surface area contributed by atoms with Gasteiger partial charge in [0.1, 0.15) is 0 Å². The molecular formula is C11H10ClFN2O. The molecule has 1 aromatic rings. The largest absolute Gasteiger partial charge is 0.341 e. The number of hydrogen-bond acceptors (Lipinski definition) is 2. The van der Waals surface area contributed by atoms with Crippen LogP contribution >= 0.6 is 11.6 Å². The fourth-order valence-corrected chi connectivity index (χ4v) is 1.37. The molecule has 3 nitrogen and oxygen atoms in total. The van der Waals surface area contributed by atoms with E-state index in [1.807, 2.05) is 6.07 Å². The van der Waals surface area contributed by atoms with E-state index in [2.05, 4.69) is 0 Å². The third-order valence-electron chi connectivity index (χ3n) is 2.09. The van der Waals surface area contributed by atoms with Crippen molar-refractivity contribution in [1.82, 2.24) is 4.90 Å². The van der Waals surface area contributed by atoms with Crippen molar-refractivity contribution in [2.45, 2.75) is 6.42 Å². The summed E-state index contributed by atoms with van der Waals surface area (Å²) < 4.78 is 13.5. The summed E-state index contributed by atoms with van der Waals surface area (Å²) in [5, 5.41) is 8.30. The van der Waals surface area contributed by atoms with Crippen molar-refractivity contribution in [3.05, 3.63) is 34.6 Å². The smallest absolute Gasteiger partial charge is 0.256 e. The first-order valence-electron chi connectivity index (χ1n) is 4.64. The van der Waals surface area contributed by atoms with E-state index < -0.39 is 11.7 Å². The van der Waals surface area contributed by atoms with Crippen LogP contribution in [0.3, 0.4) is 0 Å². The lowest BCUT2D eigenvalue weighted by Gasteiger charge is -2.15. The van der Waals surface area contributed by atoms with Gasteiger partial charge >= 0.3 is 0 Å². The minimum Gasteiger partial charge on any atom is -0.341 e. The summed E-state index contributed by atoms with van der Waals surface area (Å²) in [4.78, 5) is 13.0. The highest BCUT2D eigenvalue weighted by molar-refractivity contribution is 6.31. The topological polar surface area (TPSA) is 44.1 Å². The van der Waals surface area contributed by atoms with Crippen molar-refractivity contribution in [1.29, 1.82) is 5.26 Å². The Morgan fingerprint density at radius 3 is 2.94 bits per heavy atom. The van der Waals surface area contributed by atoms with Crippen LogP contribution in [-0.2, 0) is 0 Å². The first-order valence-corrected chi connectivity index (χ1v) is 5.02. The molecule has 0 radical (unpaired) electrons. The van der Waals surface area contributed by atoms with Crippen LogP contribution in [0.5, 0.6) is 0 Å². The SMILES string of the molecule is CN(CCC#N)C(=O)c1cccc(Cl)c1F. The van der Waals surface area contributed by atoms with E-state index in [1.54, 1.807) is 0 Å². The monoisotopic (exact) mass is 240 g/mol. The Kier molecular flexibility index (Phi) is 4.27. The van der Waals surface area contributed by atoms with Gasteiger partial charge in [-0.05, 0) is 12.1 Å². The predicted molar refractivity (Wildman–Crippen MR) is 58.6 cm³/mol. The van der Waals surface area contributed by atoms with Gasteiger partial charge in [-0.3, -0.25) is 4.79 Å². The lowest BCUT2D eigenvalue weighted by molar-refractivity contribution is 0.0793. The normalized spacial score (nSPS) is 9.62. The van der Waals surface area contributed by atoms with E-state index in [9.17, 15) is 9.18 Å². The maximum absolute atomic E-state index is 13.5. The molecule has 16 heavy (non-hydrogen) atoms. The van der Waals surface area contributed by atoms with Gasteiger partial charge in [0.05, 0.1) is 23.1 Å². The molecule has 0 aliphatic carbocycles. The summed E-state index contributed by atoms with van der Waals surface area (Å²) in [6, 6.07) is 6.17. The van der Waals surface area contributed by atoms with Crippen LogP contribution in [0, 0.1) is 17.1 Å². The van der Waals surface area contributed by atoms with Crippen LogP contribution in [-0.4, -0.2) is 24.4 Å². The minimum atomic E-state index is -0.724. The molecule has 0 saturated heterocycles. The number of nitrogens with zero attached hydrogens (tertiary/aromatic N) is 2. The second kappa shape index (κ2) is 5.47. The van der Waals surface area contributed by atoms with E-state index in [4.69, 9.17) is 16.9 Å². The Morgan fingerprint density at radius 1 is 1.62 bits per heavy atom. The van der Waals surface area contributed by atoms with E-state index in [1.165, 1.54) is 30.1 Å². The molecule has 1 amide bonds. The summed E-state index contributed by atoms with van der Waals surface area (Å²) in [5.41, 5.74) is -0.0760. The Morgan fingerprint density at radius 2 is 2.31 bits per heavy atom. The van der Waals surface area contributed by atoms with Gasteiger partial charge in [0, 0.05) is 13.6 Å². The van der Waals surface area contributed by atoms with Crippen LogP contribution in [0.15, 0.2) is 18.2 Å². The second-order valence-corrected chi connectivity index (χ2v) is 3.64. The Balaban J connectivity index is 2.89. The number of carbonyl (C=O) groups excluding carboxylic acids is 1. The molecule has 5 heteroatoms. The Bertz CT molecular complexity index is 442. The molecule has 0 aromatic heterocycles. The maximum atomic E-state index is 13.5. The molecule has 0 aliphatic rings. The molecule has 0 aliphatic heterocycles. The minimum absolute atomic E-state index is 0.0760. The fourth-order valence-electron chi connectivity index (χ4n) is 1.19. The average molecular weight is 241 g/mol. The Labute approximate surface area is 98.0 Å². The van der Waals surface area contributed by atoms with Gasteiger partial charge in [0.25, 0.3) is 5.91 Å². The zero-order valence-electron chi connectivity index (χ0n) is 8.70. The molecule has 84 valence electrons. The number of rotatable bonds is 3. The summed E-state index contributed by atoms with van der Waals surface area (Å²) in [5.74, 6) is -1.20. The lowest BCUT2D eigenvalue weighted by Crippen LogP contribution is -2.28. The molecule has 1 rings (SSSR count). The van der Waals surface area contributed by atoms with Crippen LogP contribution in [0.25, 0.3) is 0 Å². The number of carbonyl (C=O) groups is 1. The van der Waals surface area contributed by atoms with E-state index in [0.717, 1.165) is 0 Å². The third-order valence-corrected chi connectivity index (χ3v) is 2.38. The third kappa shape index (κ3) is 2.71. The van der Waals surface area contributed by atoms with Crippen molar-refractivity contribution >= 4 is 17.5 Å². The first-order chi connectivity index (χ1) is 7.57. The maximum Gasteiger partial charge on any atom is 0.256 e. The number of hydrogen-bond donors (Lipinski definition) is 0. The second-order valence-electron chi connectivity index (χ2n) is 3.24. The summed E-state index contributed by atoms with van der Waals surface area (Å²) in [7, 11) is 1.51. The van der Waals surface area contributed by atoms with Gasteiger partial charge in [-0.2, -0.15) is 5.26 Å². The highest BCUT2D eigenvalue weighted by Gasteiger charge is 2.17. The molecule has 0 spiro atoms. The predicted octanol–water partition coefficient (Wildman–Crippen LogP) is 2.46. The molecule has 1 aromatic carbocycles. The Hall–Kier alpha value is -1.60. The summed E-state index contributed by atoms with van der Waals surface area (Å²) >= 11 is 5.57. The van der Waals surface area contributed by atoms with Gasteiger partial charge in [0.15, 0.2) is 5.82 Å². The van der Waals surface area contributed by atoms with Crippen LogP contribution in [0.4, 0.5) is 4.39 Å². The molecule has 0 saturated carbocycles. The van der Waals surface area contributed by atoms with Crippen molar-refractivity contribution in [2.75, 3.05) is 13.6 Å². The number of amides is 1. The molecule has 0 bridgehead atoms. The van der Waals surface area contributed by atoms with Crippen LogP contribution in [0.2, 0.25) is 5.02 Å². The van der Waals surface area contributed by atoms with Crippen molar-refractivity contribution in [3.63, 3.8) is 0 Å². The van der Waals surface area contributed by atoms with Crippen molar-refractivity contribution in [3.8, 4) is 6.07 Å². The molecular weight excluding hydrogens is 231 g/mol. The van der Waals surface area contributed by atoms with E-state index in [0.29, 0.717) is 0 Å². The molecule has 0 heterocycles. The summed E-state index contributed by atoms with van der Waals surface area (Å²) in [6.45, 7) is 0.265. The fraction of sp³-hybridized carbons (Fsp3) is 0.273. The van der Waals surface area contributed by atoms with Gasteiger partial charge in [-0.15, -0.1) is 0 Å². The van der Waals surface area contributed by atoms with E-state index >= 15 is 0 Å². The average Bonchev–Trinajstić information content (AvgIpc) is 2.28. The van der Waals surface area contributed by atoms with Gasteiger partial charge < -0.3 is 4.90 Å². The summed E-state index contributed by atoms with van der Waals surface area (Å²) in [6.07, 6.45) is 0.213. The standard InChI is InChI=1S/C11H10ClFN2O/c1-15(7-3-6-14)11(16)8-4-2-5-9(12)10(8)13/h2,4-5H,3,7H2,1H3. The van der Waals surface area contributed by atoms with E-state index in [-0.39, 0.29) is 23.6 Å². The van der Waals surface area contributed by atoms with Crippen LogP contribution in [0.1, 0.15) is 16.8 Å². The number of nitriles is 1. The zero-order valence-corrected chi connectivity index (χ0v) is 9.46. The molecule has 0 unspecified atom stereocenters. The lowest BCUT2D eigenvalue weighted by atomic mass is 10.2. The van der Waals surface area contributed by atoms with Crippen molar-refractivity contribution in [2.24, 2.45) is 0 Å². The molecule has 0 fully saturated rings. The quantitative estimate of drug-likeness (QED) is 0.815. The molecule has 0 atom stereocenters. The number of halogens is 2. The molecule has 0 N–H and O–H groups in total. The highest BCUT2D eigenvalue weighted by Crippen LogP contribution is 2.18. The van der Waals surface area contributed by atoms with Gasteiger partial charge in [-0.1, -0.05) is 17.7 Å². The van der Waals surface area contributed by atoms with Gasteiger partial charge in [-0.25, -0.2) is 4.39 Å². The zero-order chi connectivity index (χ0) is 12.1. The number of benzene rings is 1. The highest BCUT2D eigenvalue weighted by atomic mass is 35.5. The first kappa shape index (κ1) is 12.5. The van der Waals surface area contributed by atoms with Crippen LogP contribution < -0.4 is 0 Å².